The number of thiophene rings is 2. The van der Waals surface area contributed by atoms with Crippen LogP contribution in [0.25, 0.3) is 0 Å². The minimum atomic E-state index is -0.333. The number of nitrogens with one attached hydrogen (secondary N) is 2. The molecule has 0 spiro atoms. The van der Waals surface area contributed by atoms with Crippen molar-refractivity contribution in [2.45, 2.75) is 129 Å². The van der Waals surface area contributed by atoms with Crippen LogP contribution in [0.5, 0.6) is 0 Å². The molecule has 0 unspecified atom stereocenters. The summed E-state index contributed by atoms with van der Waals surface area (Å²) in [5.74, 6) is -0.783. The van der Waals surface area contributed by atoms with E-state index in [1.165, 1.54) is 32.4 Å². The number of ether oxygens (including phenoxy) is 2. The van der Waals surface area contributed by atoms with Crippen molar-refractivity contribution in [3.8, 4) is 0 Å². The molecule has 2 aliphatic carbocycles. The maximum Gasteiger partial charge on any atom is 0.341 e. The standard InChI is InChI=1S/C34H48N2O6S2/c1-3-41-33(39)29-23-17-11-9-13-19-25(23)43-31(29)35-27(37)21-15-7-5-6-8-16-22-28(38)36-32-30(34(40)42-4-2)24-18-12-10-14-20-26(24)44-32/h3-22H2,1-2H3,(H,35,37)(H,36,38). The predicted octanol–water partition coefficient (Wildman–Crippen LogP) is 8.40. The van der Waals surface area contributed by atoms with Gasteiger partial charge in [0.05, 0.1) is 24.3 Å². The molecule has 2 aromatic heterocycles. The first-order valence-electron chi connectivity index (χ1n) is 16.7. The quantitative estimate of drug-likeness (QED) is 0.114. The van der Waals surface area contributed by atoms with Crippen molar-refractivity contribution in [3.05, 3.63) is 32.0 Å². The van der Waals surface area contributed by atoms with Gasteiger partial charge < -0.3 is 20.1 Å². The fourth-order valence-corrected chi connectivity index (χ4v) is 8.74. The maximum atomic E-state index is 12.7. The van der Waals surface area contributed by atoms with Gasteiger partial charge in [-0.15, -0.1) is 22.7 Å². The average molecular weight is 645 g/mol. The van der Waals surface area contributed by atoms with Crippen LogP contribution in [0.4, 0.5) is 10.0 Å². The van der Waals surface area contributed by atoms with Crippen LogP contribution >= 0.6 is 22.7 Å². The zero-order valence-electron chi connectivity index (χ0n) is 26.4. The second kappa shape index (κ2) is 17.7. The van der Waals surface area contributed by atoms with Gasteiger partial charge in [0.1, 0.15) is 10.0 Å². The Bertz CT molecular complexity index is 1200. The van der Waals surface area contributed by atoms with E-state index < -0.39 is 0 Å². The highest BCUT2D eigenvalue weighted by molar-refractivity contribution is 7.17. The number of esters is 2. The molecule has 2 heterocycles. The molecule has 8 nitrogen and oxygen atoms in total. The van der Waals surface area contributed by atoms with Gasteiger partial charge in [0.25, 0.3) is 0 Å². The molecule has 0 fully saturated rings. The van der Waals surface area contributed by atoms with E-state index in [0.29, 0.717) is 47.2 Å². The lowest BCUT2D eigenvalue weighted by atomic mass is 10.1. The molecule has 10 heteroatoms. The first-order chi connectivity index (χ1) is 21.4. The summed E-state index contributed by atoms with van der Waals surface area (Å²) >= 11 is 3.07. The third-order valence-electron chi connectivity index (χ3n) is 8.37. The number of carbonyl (C=O) groups is 4. The first kappa shape index (κ1) is 34.2. The minimum Gasteiger partial charge on any atom is -0.462 e. The molecule has 0 aromatic carbocycles. The van der Waals surface area contributed by atoms with Gasteiger partial charge in [0.2, 0.25) is 11.8 Å². The van der Waals surface area contributed by atoms with Crippen LogP contribution < -0.4 is 10.6 Å². The summed E-state index contributed by atoms with van der Waals surface area (Å²) in [5.41, 5.74) is 3.27. The number of carbonyl (C=O) groups excluding carboxylic acids is 4. The normalized spacial score (nSPS) is 14.5. The molecule has 0 radical (unpaired) electrons. The summed E-state index contributed by atoms with van der Waals surface area (Å²) in [5, 5.41) is 7.32. The highest BCUT2D eigenvalue weighted by atomic mass is 32.1. The van der Waals surface area contributed by atoms with E-state index in [1.807, 2.05) is 0 Å². The zero-order valence-corrected chi connectivity index (χ0v) is 28.0. The second-order valence-electron chi connectivity index (χ2n) is 11.7. The van der Waals surface area contributed by atoms with Crippen LogP contribution in [0.1, 0.15) is 145 Å². The van der Waals surface area contributed by atoms with Crippen LogP contribution in [0.2, 0.25) is 0 Å². The van der Waals surface area contributed by atoms with Gasteiger partial charge in [-0.1, -0.05) is 38.5 Å². The summed E-state index contributed by atoms with van der Waals surface area (Å²) in [6, 6.07) is 0. The zero-order chi connectivity index (χ0) is 31.3. The first-order valence-corrected chi connectivity index (χ1v) is 18.3. The molecule has 0 aliphatic heterocycles. The topological polar surface area (TPSA) is 111 Å². The highest BCUT2D eigenvalue weighted by Crippen LogP contribution is 2.39. The van der Waals surface area contributed by atoms with Crippen molar-refractivity contribution in [3.63, 3.8) is 0 Å². The number of aryl methyl sites for hydroxylation is 2. The second-order valence-corrected chi connectivity index (χ2v) is 13.9. The van der Waals surface area contributed by atoms with Crippen molar-refractivity contribution in [2.24, 2.45) is 0 Å². The number of anilines is 2. The van der Waals surface area contributed by atoms with Crippen molar-refractivity contribution in [1.82, 2.24) is 0 Å². The van der Waals surface area contributed by atoms with Crippen molar-refractivity contribution >= 4 is 56.4 Å². The molecule has 44 heavy (non-hydrogen) atoms. The van der Waals surface area contributed by atoms with E-state index in [0.717, 1.165) is 114 Å². The summed E-state index contributed by atoms with van der Waals surface area (Å²) in [6.07, 6.45) is 16.6. The lowest BCUT2D eigenvalue weighted by molar-refractivity contribution is -0.117. The molecular formula is C34H48N2O6S2. The summed E-state index contributed by atoms with van der Waals surface area (Å²) in [7, 11) is 0. The van der Waals surface area contributed by atoms with Gasteiger partial charge in [-0.2, -0.15) is 0 Å². The number of hydrogen-bond acceptors (Lipinski definition) is 8. The smallest absolute Gasteiger partial charge is 0.341 e. The van der Waals surface area contributed by atoms with Gasteiger partial charge in [-0.25, -0.2) is 9.59 Å². The molecule has 0 atom stereocenters. The Morgan fingerprint density at radius 1 is 0.568 bits per heavy atom. The fourth-order valence-electron chi connectivity index (χ4n) is 6.16. The van der Waals surface area contributed by atoms with Crippen LogP contribution in [0, 0.1) is 0 Å². The Morgan fingerprint density at radius 2 is 0.955 bits per heavy atom. The molecule has 0 saturated heterocycles. The summed E-state index contributed by atoms with van der Waals surface area (Å²) in [4.78, 5) is 53.3. The van der Waals surface area contributed by atoms with E-state index in [9.17, 15) is 19.2 Å². The molecule has 2 aliphatic rings. The van der Waals surface area contributed by atoms with Crippen molar-refractivity contribution < 1.29 is 28.7 Å². The molecule has 4 rings (SSSR count). The maximum absolute atomic E-state index is 12.7. The van der Waals surface area contributed by atoms with Gasteiger partial charge in [-0.3, -0.25) is 9.59 Å². The Balaban J connectivity index is 1.15. The van der Waals surface area contributed by atoms with Crippen LogP contribution in [-0.2, 0) is 44.7 Å². The minimum absolute atomic E-state index is 0.0586. The van der Waals surface area contributed by atoms with Crippen LogP contribution in [0.15, 0.2) is 0 Å². The summed E-state index contributed by atoms with van der Waals surface area (Å²) in [6.45, 7) is 4.23. The molecule has 2 N–H and O–H groups in total. The number of fused-ring (bicyclic) bond motifs is 2. The molecular weight excluding hydrogens is 597 g/mol. The van der Waals surface area contributed by atoms with E-state index >= 15 is 0 Å². The average Bonchev–Trinajstić information content (AvgIpc) is 3.27. The van der Waals surface area contributed by atoms with Crippen LogP contribution in [-0.4, -0.2) is 37.0 Å². The fraction of sp³-hybridized carbons (Fsp3) is 0.647. The Morgan fingerprint density at radius 3 is 1.36 bits per heavy atom. The monoisotopic (exact) mass is 644 g/mol. The number of hydrogen-bond donors (Lipinski definition) is 2. The van der Waals surface area contributed by atoms with Crippen LogP contribution in [0.3, 0.4) is 0 Å². The third kappa shape index (κ3) is 9.39. The number of rotatable bonds is 15. The van der Waals surface area contributed by atoms with E-state index in [-0.39, 0.29) is 23.8 Å². The third-order valence-corrected chi connectivity index (χ3v) is 10.8. The molecule has 2 aromatic rings. The van der Waals surface area contributed by atoms with Crippen molar-refractivity contribution in [1.29, 1.82) is 0 Å². The van der Waals surface area contributed by atoms with E-state index in [2.05, 4.69) is 10.6 Å². The molecule has 0 saturated carbocycles. The van der Waals surface area contributed by atoms with Gasteiger partial charge in [-0.05, 0) is 89.2 Å². The SMILES string of the molecule is CCOC(=O)c1c(NC(=O)CCCCCCCCC(=O)Nc2sc3c(c2C(=O)OCC)CCCCC3)sc2c1CCCCC2. The van der Waals surface area contributed by atoms with Gasteiger partial charge in [0.15, 0.2) is 0 Å². The highest BCUT2D eigenvalue weighted by Gasteiger charge is 2.28. The molecule has 242 valence electrons. The Labute approximate surface area is 269 Å². The summed E-state index contributed by atoms with van der Waals surface area (Å²) < 4.78 is 10.6. The van der Waals surface area contributed by atoms with E-state index in [1.54, 1.807) is 13.8 Å². The molecule has 2 amide bonds. The van der Waals surface area contributed by atoms with Crippen molar-refractivity contribution in [2.75, 3.05) is 23.8 Å². The number of unbranched alkanes of at least 4 members (excludes halogenated alkanes) is 5. The largest absolute Gasteiger partial charge is 0.462 e. The number of amides is 2. The molecule has 0 bridgehead atoms. The Hall–Kier alpha value is -2.72. The Kier molecular flexibility index (Phi) is 13.7. The van der Waals surface area contributed by atoms with E-state index in [4.69, 9.17) is 9.47 Å². The van der Waals surface area contributed by atoms with Gasteiger partial charge in [0, 0.05) is 22.6 Å². The van der Waals surface area contributed by atoms with Gasteiger partial charge >= 0.3 is 11.9 Å². The lowest BCUT2D eigenvalue weighted by Crippen LogP contribution is -2.15. The predicted molar refractivity (Wildman–Crippen MR) is 177 cm³/mol. The lowest BCUT2D eigenvalue weighted by Gasteiger charge is -2.09.